The highest BCUT2D eigenvalue weighted by atomic mass is 16.5. The smallest absolute Gasteiger partial charge is 0.321 e. The van der Waals surface area contributed by atoms with Crippen molar-refractivity contribution in [2.45, 2.75) is 19.5 Å². The molecule has 1 aliphatic rings. The van der Waals surface area contributed by atoms with Crippen molar-refractivity contribution in [1.82, 2.24) is 15.1 Å². The first-order valence-electron chi connectivity index (χ1n) is 11.8. The summed E-state index contributed by atoms with van der Waals surface area (Å²) in [5.74, 6) is 0.130. The molecule has 0 aliphatic carbocycles. The summed E-state index contributed by atoms with van der Waals surface area (Å²) in [6.07, 6.45) is 0. The van der Waals surface area contributed by atoms with Crippen LogP contribution in [0.4, 0.5) is 10.5 Å². The fourth-order valence-electron chi connectivity index (χ4n) is 4.11. The lowest BCUT2D eigenvalue weighted by atomic mass is 10.1. The molecule has 8 heteroatoms. The SMILES string of the molecule is COc1cccc(CNC(=O)C2CN(C(=O)Nc3ccc(C)cc3)CCN2C(=O)c2ccccc2)c1. The molecule has 1 unspecified atom stereocenters. The summed E-state index contributed by atoms with van der Waals surface area (Å²) in [7, 11) is 1.59. The number of rotatable bonds is 6. The van der Waals surface area contributed by atoms with Gasteiger partial charge in [0, 0.05) is 30.9 Å². The van der Waals surface area contributed by atoms with E-state index in [2.05, 4.69) is 10.6 Å². The third kappa shape index (κ3) is 6.02. The third-order valence-corrected chi connectivity index (χ3v) is 6.16. The maximum atomic E-state index is 13.3. The number of methoxy groups -OCH3 is 1. The van der Waals surface area contributed by atoms with Crippen molar-refractivity contribution in [1.29, 1.82) is 0 Å². The summed E-state index contributed by atoms with van der Waals surface area (Å²) in [6.45, 7) is 2.89. The molecule has 1 saturated heterocycles. The predicted octanol–water partition coefficient (Wildman–Crippen LogP) is 3.68. The summed E-state index contributed by atoms with van der Waals surface area (Å²) in [5, 5.41) is 5.81. The van der Waals surface area contributed by atoms with Crippen LogP contribution in [0.5, 0.6) is 5.75 Å². The average Bonchev–Trinajstić information content (AvgIpc) is 2.92. The van der Waals surface area contributed by atoms with Crippen LogP contribution in [0, 0.1) is 6.92 Å². The molecule has 3 aromatic carbocycles. The number of nitrogens with zero attached hydrogens (tertiary/aromatic N) is 2. The first kappa shape index (κ1) is 24.8. The molecular weight excluding hydrogens is 456 g/mol. The highest BCUT2D eigenvalue weighted by molar-refractivity contribution is 5.98. The first-order valence-corrected chi connectivity index (χ1v) is 11.8. The van der Waals surface area contributed by atoms with Gasteiger partial charge < -0.3 is 25.2 Å². The van der Waals surface area contributed by atoms with Gasteiger partial charge in [0.05, 0.1) is 13.7 Å². The van der Waals surface area contributed by atoms with Crippen LogP contribution in [0.3, 0.4) is 0 Å². The Morgan fingerprint density at radius 1 is 0.944 bits per heavy atom. The first-order chi connectivity index (χ1) is 17.4. The van der Waals surface area contributed by atoms with Gasteiger partial charge in [-0.25, -0.2) is 4.79 Å². The highest BCUT2D eigenvalue weighted by Gasteiger charge is 2.37. The van der Waals surface area contributed by atoms with E-state index < -0.39 is 6.04 Å². The van der Waals surface area contributed by atoms with Gasteiger partial charge in [0.2, 0.25) is 5.91 Å². The van der Waals surface area contributed by atoms with Crippen molar-refractivity contribution in [2.75, 3.05) is 32.1 Å². The van der Waals surface area contributed by atoms with Crippen LogP contribution >= 0.6 is 0 Å². The van der Waals surface area contributed by atoms with E-state index in [0.29, 0.717) is 23.5 Å². The van der Waals surface area contributed by atoms with Gasteiger partial charge in [-0.1, -0.05) is 48.0 Å². The van der Waals surface area contributed by atoms with Gasteiger partial charge in [0.25, 0.3) is 5.91 Å². The van der Waals surface area contributed by atoms with Crippen LogP contribution in [0.2, 0.25) is 0 Å². The molecule has 186 valence electrons. The molecule has 1 fully saturated rings. The van der Waals surface area contributed by atoms with E-state index in [1.807, 2.05) is 61.5 Å². The Bertz CT molecular complexity index is 1210. The molecule has 4 amide bonds. The molecule has 1 aliphatic heterocycles. The summed E-state index contributed by atoms with van der Waals surface area (Å²) < 4.78 is 5.25. The zero-order valence-electron chi connectivity index (χ0n) is 20.4. The Labute approximate surface area is 210 Å². The standard InChI is InChI=1S/C28H30N4O4/c1-20-11-13-23(14-12-20)30-28(35)31-15-16-32(27(34)22-8-4-3-5-9-22)25(19-31)26(33)29-18-21-7-6-10-24(17-21)36-2/h3-14,17,25H,15-16,18-19H2,1-2H3,(H,29,33)(H,30,35). The van der Waals surface area contributed by atoms with Crippen LogP contribution in [0.25, 0.3) is 0 Å². The lowest BCUT2D eigenvalue weighted by Crippen LogP contribution is -2.62. The molecule has 4 rings (SSSR count). The summed E-state index contributed by atoms with van der Waals surface area (Å²) >= 11 is 0. The summed E-state index contributed by atoms with van der Waals surface area (Å²) in [5.41, 5.74) is 3.13. The second-order valence-electron chi connectivity index (χ2n) is 8.69. The lowest BCUT2D eigenvalue weighted by molar-refractivity contribution is -0.127. The van der Waals surface area contributed by atoms with Gasteiger partial charge in [-0.3, -0.25) is 9.59 Å². The number of aryl methyl sites for hydroxylation is 1. The Morgan fingerprint density at radius 3 is 2.42 bits per heavy atom. The van der Waals surface area contributed by atoms with Crippen molar-refractivity contribution in [3.8, 4) is 5.75 Å². The van der Waals surface area contributed by atoms with Gasteiger partial charge in [-0.2, -0.15) is 0 Å². The van der Waals surface area contributed by atoms with E-state index in [4.69, 9.17) is 4.74 Å². The Hall–Kier alpha value is -4.33. The van der Waals surface area contributed by atoms with Gasteiger partial charge in [0.15, 0.2) is 0 Å². The van der Waals surface area contributed by atoms with Crippen LogP contribution in [-0.4, -0.2) is 60.4 Å². The molecular formula is C28H30N4O4. The minimum absolute atomic E-state index is 0.0835. The van der Waals surface area contributed by atoms with E-state index >= 15 is 0 Å². The Balaban J connectivity index is 1.49. The van der Waals surface area contributed by atoms with Crippen LogP contribution < -0.4 is 15.4 Å². The average molecular weight is 487 g/mol. The van der Waals surface area contributed by atoms with Gasteiger partial charge in [-0.15, -0.1) is 0 Å². The topological polar surface area (TPSA) is 91.0 Å². The quantitative estimate of drug-likeness (QED) is 0.556. The minimum Gasteiger partial charge on any atom is -0.497 e. The molecule has 0 spiro atoms. The number of hydrogen-bond acceptors (Lipinski definition) is 4. The number of anilines is 1. The van der Waals surface area contributed by atoms with Crippen LogP contribution in [0.1, 0.15) is 21.5 Å². The van der Waals surface area contributed by atoms with E-state index in [0.717, 1.165) is 11.1 Å². The van der Waals surface area contributed by atoms with E-state index in [9.17, 15) is 14.4 Å². The van der Waals surface area contributed by atoms with E-state index in [1.165, 1.54) is 0 Å². The molecule has 0 bridgehead atoms. The van der Waals surface area contributed by atoms with Gasteiger partial charge in [-0.05, 0) is 48.9 Å². The predicted molar refractivity (Wildman–Crippen MR) is 138 cm³/mol. The number of urea groups is 1. The monoisotopic (exact) mass is 486 g/mol. The van der Waals surface area contributed by atoms with Crippen molar-refractivity contribution < 1.29 is 19.1 Å². The van der Waals surface area contributed by atoms with Crippen LogP contribution in [0.15, 0.2) is 78.9 Å². The molecule has 8 nitrogen and oxygen atoms in total. The second-order valence-corrected chi connectivity index (χ2v) is 8.69. The number of carbonyl (C=O) groups is 3. The summed E-state index contributed by atoms with van der Waals surface area (Å²) in [4.78, 5) is 42.7. The number of carbonyl (C=O) groups excluding carboxylic acids is 3. The zero-order valence-corrected chi connectivity index (χ0v) is 20.4. The lowest BCUT2D eigenvalue weighted by Gasteiger charge is -2.40. The number of nitrogens with one attached hydrogen (secondary N) is 2. The minimum atomic E-state index is -0.833. The Morgan fingerprint density at radius 2 is 1.69 bits per heavy atom. The highest BCUT2D eigenvalue weighted by Crippen LogP contribution is 2.18. The molecule has 0 radical (unpaired) electrons. The van der Waals surface area contributed by atoms with Gasteiger partial charge in [0.1, 0.15) is 11.8 Å². The molecule has 36 heavy (non-hydrogen) atoms. The van der Waals surface area contributed by atoms with Gasteiger partial charge >= 0.3 is 6.03 Å². The number of benzene rings is 3. The molecule has 0 aromatic heterocycles. The van der Waals surface area contributed by atoms with E-state index in [-0.39, 0.29) is 37.5 Å². The number of ether oxygens (including phenoxy) is 1. The summed E-state index contributed by atoms with van der Waals surface area (Å²) in [6, 6.07) is 22.6. The second kappa shape index (κ2) is 11.4. The Kier molecular flexibility index (Phi) is 7.85. The van der Waals surface area contributed by atoms with Crippen molar-refractivity contribution in [3.63, 3.8) is 0 Å². The molecule has 2 N–H and O–H groups in total. The van der Waals surface area contributed by atoms with Crippen molar-refractivity contribution in [3.05, 3.63) is 95.6 Å². The number of piperazine rings is 1. The van der Waals surface area contributed by atoms with Crippen molar-refractivity contribution >= 4 is 23.5 Å². The zero-order chi connectivity index (χ0) is 25.5. The number of amides is 4. The molecule has 3 aromatic rings. The van der Waals surface area contributed by atoms with E-state index in [1.54, 1.807) is 41.2 Å². The molecule has 1 atom stereocenters. The maximum absolute atomic E-state index is 13.3. The largest absolute Gasteiger partial charge is 0.497 e. The van der Waals surface area contributed by atoms with Crippen molar-refractivity contribution in [2.24, 2.45) is 0 Å². The normalized spacial score (nSPS) is 15.2. The number of hydrogen-bond donors (Lipinski definition) is 2. The van der Waals surface area contributed by atoms with Crippen LogP contribution in [-0.2, 0) is 11.3 Å². The molecule has 1 heterocycles. The fraction of sp³-hybridized carbons (Fsp3) is 0.250. The fourth-order valence-corrected chi connectivity index (χ4v) is 4.11. The molecule has 0 saturated carbocycles. The maximum Gasteiger partial charge on any atom is 0.321 e. The third-order valence-electron chi connectivity index (χ3n) is 6.16.